The van der Waals surface area contributed by atoms with Crippen LogP contribution in [0.3, 0.4) is 0 Å². The lowest BCUT2D eigenvalue weighted by atomic mass is 10.3. The molecule has 0 aliphatic carbocycles. The van der Waals surface area contributed by atoms with E-state index in [2.05, 4.69) is 51.7 Å². The van der Waals surface area contributed by atoms with Crippen LogP contribution in [-0.4, -0.2) is 32.1 Å². The fraction of sp³-hybridized carbons (Fsp3) is 0.636. The number of nitrogens with zero attached hydrogens (tertiary/aromatic N) is 1. The largest absolute Gasteiger partial charge is 0.313 e. The third kappa shape index (κ3) is 6.30. The molecule has 0 saturated heterocycles. The molecule has 0 atom stereocenters. The predicted octanol–water partition coefficient (Wildman–Crippen LogP) is 2.94. The second kappa shape index (κ2) is 7.39. The molecule has 0 aliphatic rings. The number of rotatable bonds is 7. The Hall–Kier alpha value is 0.100. The molecule has 0 bridgehead atoms. The Labute approximate surface area is 105 Å². The van der Waals surface area contributed by atoms with Gasteiger partial charge in [-0.25, -0.2) is 0 Å². The van der Waals surface area contributed by atoms with E-state index < -0.39 is 0 Å². The van der Waals surface area contributed by atoms with E-state index in [0.717, 1.165) is 13.1 Å². The molecule has 1 rings (SSSR count). The molecule has 0 saturated carbocycles. The average Bonchev–Trinajstić information content (AvgIpc) is 2.57. The van der Waals surface area contributed by atoms with Crippen LogP contribution in [-0.2, 0) is 6.54 Å². The normalized spacial score (nSPS) is 11.2. The first-order valence-corrected chi connectivity index (χ1v) is 6.94. The third-order valence-electron chi connectivity index (χ3n) is 2.16. The van der Waals surface area contributed by atoms with Crippen LogP contribution >= 0.6 is 27.3 Å². The Morgan fingerprint density at radius 2 is 2.20 bits per heavy atom. The molecular weight excluding hydrogens is 272 g/mol. The standard InChI is InChI=1S/C11H19BrN2S/c1-14(2)6-4-3-5-13-8-10-7-11(12)15-9-10/h7,9,13H,3-6,8H2,1-2H3. The lowest BCUT2D eigenvalue weighted by Crippen LogP contribution is -2.17. The van der Waals surface area contributed by atoms with Gasteiger partial charge in [0, 0.05) is 6.54 Å². The summed E-state index contributed by atoms with van der Waals surface area (Å²) in [5.74, 6) is 0. The van der Waals surface area contributed by atoms with Gasteiger partial charge >= 0.3 is 0 Å². The highest BCUT2D eigenvalue weighted by molar-refractivity contribution is 9.11. The van der Waals surface area contributed by atoms with E-state index in [-0.39, 0.29) is 0 Å². The highest BCUT2D eigenvalue weighted by Gasteiger charge is 1.96. The summed E-state index contributed by atoms with van der Waals surface area (Å²) in [6.45, 7) is 3.29. The lowest BCUT2D eigenvalue weighted by molar-refractivity contribution is 0.391. The molecule has 0 radical (unpaired) electrons. The first kappa shape index (κ1) is 13.2. The summed E-state index contributed by atoms with van der Waals surface area (Å²) in [6, 6.07) is 2.18. The molecule has 86 valence electrons. The van der Waals surface area contributed by atoms with Crippen LogP contribution in [0.15, 0.2) is 15.2 Å². The zero-order valence-electron chi connectivity index (χ0n) is 9.42. The van der Waals surface area contributed by atoms with E-state index in [1.54, 1.807) is 11.3 Å². The maximum Gasteiger partial charge on any atom is 0.0701 e. The van der Waals surface area contributed by atoms with Crippen molar-refractivity contribution >= 4 is 27.3 Å². The van der Waals surface area contributed by atoms with E-state index in [9.17, 15) is 0 Å². The number of hydrogen-bond acceptors (Lipinski definition) is 3. The Kier molecular flexibility index (Phi) is 6.48. The molecule has 15 heavy (non-hydrogen) atoms. The van der Waals surface area contributed by atoms with Crippen LogP contribution in [0.25, 0.3) is 0 Å². The van der Waals surface area contributed by atoms with Gasteiger partial charge in [-0.2, -0.15) is 0 Å². The van der Waals surface area contributed by atoms with Crippen LogP contribution in [0.2, 0.25) is 0 Å². The van der Waals surface area contributed by atoms with E-state index in [1.807, 2.05) is 0 Å². The van der Waals surface area contributed by atoms with Crippen LogP contribution in [0.5, 0.6) is 0 Å². The number of hydrogen-bond donors (Lipinski definition) is 1. The van der Waals surface area contributed by atoms with Crippen molar-refractivity contribution in [3.8, 4) is 0 Å². The molecule has 2 nitrogen and oxygen atoms in total. The summed E-state index contributed by atoms with van der Waals surface area (Å²) < 4.78 is 1.21. The maximum atomic E-state index is 3.47. The Balaban J connectivity index is 1.98. The summed E-state index contributed by atoms with van der Waals surface area (Å²) >= 11 is 5.21. The van der Waals surface area contributed by atoms with Gasteiger partial charge in [-0.3, -0.25) is 0 Å². The van der Waals surface area contributed by atoms with Gasteiger partial charge in [-0.05, 0) is 73.0 Å². The van der Waals surface area contributed by atoms with Gasteiger partial charge in [0.05, 0.1) is 3.79 Å². The predicted molar refractivity (Wildman–Crippen MR) is 71.5 cm³/mol. The minimum Gasteiger partial charge on any atom is -0.313 e. The number of nitrogens with one attached hydrogen (secondary N) is 1. The highest BCUT2D eigenvalue weighted by Crippen LogP contribution is 2.20. The molecule has 0 spiro atoms. The van der Waals surface area contributed by atoms with E-state index >= 15 is 0 Å². The van der Waals surface area contributed by atoms with E-state index in [1.165, 1.54) is 28.7 Å². The highest BCUT2D eigenvalue weighted by atomic mass is 79.9. The number of halogens is 1. The Morgan fingerprint density at radius 3 is 2.80 bits per heavy atom. The summed E-state index contributed by atoms with van der Waals surface area (Å²) in [5.41, 5.74) is 1.37. The maximum absolute atomic E-state index is 3.47. The summed E-state index contributed by atoms with van der Waals surface area (Å²) in [7, 11) is 4.24. The van der Waals surface area contributed by atoms with Crippen LogP contribution in [0, 0.1) is 0 Å². The van der Waals surface area contributed by atoms with E-state index in [4.69, 9.17) is 0 Å². The molecule has 0 amide bonds. The molecule has 1 N–H and O–H groups in total. The molecule has 4 heteroatoms. The van der Waals surface area contributed by atoms with Gasteiger partial charge in [-0.1, -0.05) is 0 Å². The molecule has 0 aromatic carbocycles. The van der Waals surface area contributed by atoms with Crippen molar-refractivity contribution in [3.63, 3.8) is 0 Å². The number of unbranched alkanes of at least 4 members (excludes halogenated alkanes) is 1. The van der Waals surface area contributed by atoms with Crippen molar-refractivity contribution < 1.29 is 0 Å². The second-order valence-electron chi connectivity index (χ2n) is 3.95. The van der Waals surface area contributed by atoms with Crippen LogP contribution in [0.1, 0.15) is 18.4 Å². The lowest BCUT2D eigenvalue weighted by Gasteiger charge is -2.08. The monoisotopic (exact) mass is 290 g/mol. The molecule has 0 aliphatic heterocycles. The molecule has 0 fully saturated rings. The summed E-state index contributed by atoms with van der Waals surface area (Å²) in [5, 5.41) is 5.65. The molecular formula is C11H19BrN2S. The minimum atomic E-state index is 0.990. The van der Waals surface area contributed by atoms with Crippen molar-refractivity contribution in [2.75, 3.05) is 27.2 Å². The van der Waals surface area contributed by atoms with Crippen molar-refractivity contribution in [3.05, 3.63) is 20.8 Å². The Morgan fingerprint density at radius 1 is 1.40 bits per heavy atom. The average molecular weight is 291 g/mol. The van der Waals surface area contributed by atoms with Crippen molar-refractivity contribution in [2.45, 2.75) is 19.4 Å². The van der Waals surface area contributed by atoms with Gasteiger partial charge < -0.3 is 10.2 Å². The smallest absolute Gasteiger partial charge is 0.0701 e. The molecule has 1 heterocycles. The van der Waals surface area contributed by atoms with Gasteiger partial charge in [0.15, 0.2) is 0 Å². The topological polar surface area (TPSA) is 15.3 Å². The number of thiophene rings is 1. The van der Waals surface area contributed by atoms with Crippen molar-refractivity contribution in [1.29, 1.82) is 0 Å². The van der Waals surface area contributed by atoms with E-state index in [0.29, 0.717) is 0 Å². The van der Waals surface area contributed by atoms with Gasteiger partial charge in [0.1, 0.15) is 0 Å². The second-order valence-corrected chi connectivity index (χ2v) is 6.24. The first-order valence-electron chi connectivity index (χ1n) is 5.27. The summed E-state index contributed by atoms with van der Waals surface area (Å²) in [4.78, 5) is 2.23. The summed E-state index contributed by atoms with van der Waals surface area (Å²) in [6.07, 6.45) is 2.52. The van der Waals surface area contributed by atoms with Crippen LogP contribution < -0.4 is 5.32 Å². The van der Waals surface area contributed by atoms with Crippen molar-refractivity contribution in [1.82, 2.24) is 10.2 Å². The minimum absolute atomic E-state index is 0.990. The fourth-order valence-corrected chi connectivity index (χ4v) is 2.56. The SMILES string of the molecule is CN(C)CCCCNCc1csc(Br)c1. The van der Waals surface area contributed by atoms with Gasteiger partial charge in [-0.15, -0.1) is 11.3 Å². The quantitative estimate of drug-likeness (QED) is 0.777. The third-order valence-corrected chi connectivity index (χ3v) is 3.71. The van der Waals surface area contributed by atoms with Crippen molar-refractivity contribution in [2.24, 2.45) is 0 Å². The molecule has 0 unspecified atom stereocenters. The zero-order valence-corrected chi connectivity index (χ0v) is 11.8. The van der Waals surface area contributed by atoms with Gasteiger partial charge in [0.2, 0.25) is 0 Å². The first-order chi connectivity index (χ1) is 7.18. The fourth-order valence-electron chi connectivity index (χ4n) is 1.35. The van der Waals surface area contributed by atoms with Crippen LogP contribution in [0.4, 0.5) is 0 Å². The zero-order chi connectivity index (χ0) is 11.1. The Bertz CT molecular complexity index is 273. The molecule has 1 aromatic rings. The van der Waals surface area contributed by atoms with Gasteiger partial charge in [0.25, 0.3) is 0 Å². The molecule has 1 aromatic heterocycles.